The van der Waals surface area contributed by atoms with Gasteiger partial charge in [-0.1, -0.05) is 30.2 Å². The van der Waals surface area contributed by atoms with Gasteiger partial charge in [-0.25, -0.2) is 0 Å². The van der Waals surface area contributed by atoms with E-state index in [1.807, 2.05) is 6.07 Å². The van der Waals surface area contributed by atoms with Gasteiger partial charge in [0.05, 0.1) is 10.5 Å². The van der Waals surface area contributed by atoms with Crippen LogP contribution in [0.2, 0.25) is 5.02 Å². The maximum atomic E-state index is 6.36. The minimum atomic E-state index is 0.865. The highest BCUT2D eigenvalue weighted by Crippen LogP contribution is 2.29. The highest BCUT2D eigenvalue weighted by Gasteiger charge is 2.15. The molecule has 0 saturated carbocycles. The van der Waals surface area contributed by atoms with Gasteiger partial charge in [-0.2, -0.15) is 0 Å². The number of hydrogen-bond acceptors (Lipinski definition) is 1. The Kier molecular flexibility index (Phi) is 3.81. The zero-order chi connectivity index (χ0) is 13.2. The zero-order valence-corrected chi connectivity index (χ0v) is 12.3. The van der Waals surface area contributed by atoms with Crippen molar-refractivity contribution in [1.82, 2.24) is 9.47 Å². The lowest BCUT2D eigenvalue weighted by atomic mass is 10.1. The van der Waals surface area contributed by atoms with Crippen LogP contribution in [0.15, 0.2) is 24.4 Å². The monoisotopic (exact) mass is 276 g/mol. The van der Waals surface area contributed by atoms with Gasteiger partial charge in [-0.3, -0.25) is 4.90 Å². The van der Waals surface area contributed by atoms with Crippen molar-refractivity contribution in [2.75, 3.05) is 13.1 Å². The SMILES string of the molecule is CCn1cc(CN2CCCCC2)c2cccc(Cl)c21. The lowest BCUT2D eigenvalue weighted by Crippen LogP contribution is -2.28. The molecule has 19 heavy (non-hydrogen) atoms. The second-order valence-electron chi connectivity index (χ2n) is 5.41. The molecule has 1 fully saturated rings. The van der Waals surface area contributed by atoms with E-state index in [0.29, 0.717) is 0 Å². The summed E-state index contributed by atoms with van der Waals surface area (Å²) in [7, 11) is 0. The van der Waals surface area contributed by atoms with Crippen molar-refractivity contribution in [1.29, 1.82) is 0 Å². The molecule has 0 N–H and O–H groups in total. The van der Waals surface area contributed by atoms with E-state index in [-0.39, 0.29) is 0 Å². The Morgan fingerprint density at radius 2 is 1.95 bits per heavy atom. The lowest BCUT2D eigenvalue weighted by Gasteiger charge is -2.26. The molecule has 0 bridgehead atoms. The first kappa shape index (κ1) is 13.0. The van der Waals surface area contributed by atoms with Gasteiger partial charge in [0.1, 0.15) is 0 Å². The molecule has 2 nitrogen and oxygen atoms in total. The first-order valence-corrected chi connectivity index (χ1v) is 7.66. The molecule has 0 spiro atoms. The van der Waals surface area contributed by atoms with Crippen LogP contribution in [-0.4, -0.2) is 22.6 Å². The van der Waals surface area contributed by atoms with Gasteiger partial charge in [-0.15, -0.1) is 0 Å². The molecule has 3 heteroatoms. The van der Waals surface area contributed by atoms with Crippen LogP contribution in [0.5, 0.6) is 0 Å². The number of rotatable bonds is 3. The maximum absolute atomic E-state index is 6.36. The van der Waals surface area contributed by atoms with Crippen LogP contribution in [0.4, 0.5) is 0 Å². The molecule has 0 radical (unpaired) electrons. The number of nitrogens with zero attached hydrogens (tertiary/aromatic N) is 2. The average molecular weight is 277 g/mol. The van der Waals surface area contributed by atoms with E-state index in [0.717, 1.165) is 18.1 Å². The van der Waals surface area contributed by atoms with Crippen LogP contribution >= 0.6 is 11.6 Å². The standard InChI is InChI=1S/C16H21ClN2/c1-2-19-12-13(11-18-9-4-3-5-10-18)14-7-6-8-15(17)16(14)19/h6-8,12H,2-5,9-11H2,1H3. The van der Waals surface area contributed by atoms with Crippen molar-refractivity contribution in [3.8, 4) is 0 Å². The Morgan fingerprint density at radius 3 is 2.68 bits per heavy atom. The molecule has 1 aliphatic rings. The van der Waals surface area contributed by atoms with Gasteiger partial charge < -0.3 is 4.57 Å². The highest BCUT2D eigenvalue weighted by molar-refractivity contribution is 6.35. The smallest absolute Gasteiger partial charge is 0.0672 e. The molecule has 1 saturated heterocycles. The van der Waals surface area contributed by atoms with Crippen molar-refractivity contribution in [3.63, 3.8) is 0 Å². The van der Waals surface area contributed by atoms with Gasteiger partial charge in [0, 0.05) is 24.7 Å². The summed E-state index contributed by atoms with van der Waals surface area (Å²) in [6.45, 7) is 6.68. The van der Waals surface area contributed by atoms with Crippen LogP contribution < -0.4 is 0 Å². The number of para-hydroxylation sites is 1. The third-order valence-electron chi connectivity index (χ3n) is 4.11. The number of aryl methyl sites for hydroxylation is 1. The number of piperidine rings is 1. The number of likely N-dealkylation sites (tertiary alicyclic amines) is 1. The van der Waals surface area contributed by atoms with Gasteiger partial charge in [0.2, 0.25) is 0 Å². The van der Waals surface area contributed by atoms with Crippen LogP contribution in [0, 0.1) is 0 Å². The third-order valence-corrected chi connectivity index (χ3v) is 4.42. The maximum Gasteiger partial charge on any atom is 0.0672 e. The van der Waals surface area contributed by atoms with Gasteiger partial charge >= 0.3 is 0 Å². The fourth-order valence-corrected chi connectivity index (χ4v) is 3.41. The summed E-state index contributed by atoms with van der Waals surface area (Å²) >= 11 is 6.36. The molecule has 102 valence electrons. The molecule has 2 heterocycles. The van der Waals surface area contributed by atoms with Crippen LogP contribution in [0.25, 0.3) is 10.9 Å². The van der Waals surface area contributed by atoms with Crippen molar-refractivity contribution in [2.24, 2.45) is 0 Å². The zero-order valence-electron chi connectivity index (χ0n) is 11.5. The Bertz CT molecular complexity index is 567. The molecule has 1 aromatic carbocycles. The summed E-state index contributed by atoms with van der Waals surface area (Å²) in [5.41, 5.74) is 2.61. The van der Waals surface area contributed by atoms with Gasteiger partial charge in [0.15, 0.2) is 0 Å². The number of hydrogen-bond donors (Lipinski definition) is 0. The molecule has 0 aliphatic carbocycles. The Balaban J connectivity index is 1.96. The number of aromatic nitrogens is 1. The summed E-state index contributed by atoms with van der Waals surface area (Å²) < 4.78 is 2.27. The molecule has 0 amide bonds. The molecule has 0 unspecified atom stereocenters. The topological polar surface area (TPSA) is 8.17 Å². The molecule has 3 rings (SSSR count). The summed E-state index contributed by atoms with van der Waals surface area (Å²) in [4.78, 5) is 2.57. The van der Waals surface area contributed by atoms with E-state index in [1.54, 1.807) is 0 Å². The fourth-order valence-electron chi connectivity index (χ4n) is 3.12. The second kappa shape index (κ2) is 5.56. The van der Waals surface area contributed by atoms with Gasteiger partial charge in [0.25, 0.3) is 0 Å². The summed E-state index contributed by atoms with van der Waals surface area (Å²) in [5.74, 6) is 0. The van der Waals surface area contributed by atoms with Crippen LogP contribution in [-0.2, 0) is 13.1 Å². The van der Waals surface area contributed by atoms with E-state index < -0.39 is 0 Å². The van der Waals surface area contributed by atoms with Crippen molar-refractivity contribution >= 4 is 22.5 Å². The van der Waals surface area contributed by atoms with E-state index in [9.17, 15) is 0 Å². The average Bonchev–Trinajstić information content (AvgIpc) is 2.80. The van der Waals surface area contributed by atoms with E-state index >= 15 is 0 Å². The summed E-state index contributed by atoms with van der Waals surface area (Å²) in [6, 6.07) is 6.25. The number of halogens is 1. The first-order valence-electron chi connectivity index (χ1n) is 7.28. The molecule has 1 aliphatic heterocycles. The van der Waals surface area contributed by atoms with E-state index in [1.165, 1.54) is 48.8 Å². The van der Waals surface area contributed by atoms with Crippen molar-refractivity contribution in [2.45, 2.75) is 39.3 Å². The highest BCUT2D eigenvalue weighted by atomic mass is 35.5. The predicted molar refractivity (Wildman–Crippen MR) is 81.8 cm³/mol. The molecule has 0 atom stereocenters. The Morgan fingerprint density at radius 1 is 1.16 bits per heavy atom. The number of benzene rings is 1. The predicted octanol–water partition coefficient (Wildman–Crippen LogP) is 4.30. The first-order chi connectivity index (χ1) is 9.29. The second-order valence-corrected chi connectivity index (χ2v) is 5.82. The Labute approximate surface area is 120 Å². The third kappa shape index (κ3) is 2.52. The van der Waals surface area contributed by atoms with Crippen LogP contribution in [0.3, 0.4) is 0 Å². The lowest BCUT2D eigenvalue weighted by molar-refractivity contribution is 0.221. The Hall–Kier alpha value is -0.990. The molecular formula is C16H21ClN2. The van der Waals surface area contributed by atoms with E-state index in [4.69, 9.17) is 11.6 Å². The van der Waals surface area contributed by atoms with Crippen molar-refractivity contribution < 1.29 is 0 Å². The number of fused-ring (bicyclic) bond motifs is 1. The minimum absolute atomic E-state index is 0.865. The minimum Gasteiger partial charge on any atom is -0.346 e. The molecule has 2 aromatic rings. The van der Waals surface area contributed by atoms with Gasteiger partial charge in [-0.05, 0) is 44.5 Å². The normalized spacial score (nSPS) is 17.2. The van der Waals surface area contributed by atoms with Crippen LogP contribution in [0.1, 0.15) is 31.7 Å². The molecular weight excluding hydrogens is 256 g/mol. The molecule has 1 aromatic heterocycles. The largest absolute Gasteiger partial charge is 0.346 e. The van der Waals surface area contributed by atoms with Crippen molar-refractivity contribution in [3.05, 3.63) is 35.0 Å². The van der Waals surface area contributed by atoms with E-state index in [2.05, 4.69) is 34.7 Å². The summed E-state index contributed by atoms with van der Waals surface area (Å²) in [6.07, 6.45) is 6.35. The quantitative estimate of drug-likeness (QED) is 0.811. The summed E-state index contributed by atoms with van der Waals surface area (Å²) in [5, 5.41) is 2.18. The fraction of sp³-hybridized carbons (Fsp3) is 0.500.